The third-order valence-corrected chi connectivity index (χ3v) is 5.83. The van der Waals surface area contributed by atoms with Crippen molar-refractivity contribution in [3.05, 3.63) is 70.2 Å². The summed E-state index contributed by atoms with van der Waals surface area (Å²) >= 11 is 1.51. The predicted octanol–water partition coefficient (Wildman–Crippen LogP) is 4.95. The summed E-state index contributed by atoms with van der Waals surface area (Å²) in [4.78, 5) is 9.67. The SMILES string of the molecule is Cc1sc(C2=C(O)CN(c3ccc(N(C)C)cc3)C2=N)nc1-c1ccccc1. The summed E-state index contributed by atoms with van der Waals surface area (Å²) in [5.74, 6) is 0.471. The molecule has 0 amide bonds. The molecule has 0 unspecified atom stereocenters. The molecule has 0 fully saturated rings. The number of thiazole rings is 1. The quantitative estimate of drug-likeness (QED) is 0.661. The molecule has 0 aliphatic carbocycles. The lowest BCUT2D eigenvalue weighted by molar-refractivity contribution is 0.411. The van der Waals surface area contributed by atoms with E-state index in [2.05, 4.69) is 0 Å². The van der Waals surface area contributed by atoms with E-state index >= 15 is 0 Å². The molecule has 3 aromatic rings. The zero-order valence-electron chi connectivity index (χ0n) is 16.1. The Balaban J connectivity index is 1.64. The molecule has 4 rings (SSSR count). The number of rotatable bonds is 4. The van der Waals surface area contributed by atoms with Crippen LogP contribution in [0.2, 0.25) is 0 Å². The summed E-state index contributed by atoms with van der Waals surface area (Å²) in [6, 6.07) is 18.0. The molecule has 1 aliphatic rings. The van der Waals surface area contributed by atoms with Gasteiger partial charge in [0.2, 0.25) is 0 Å². The molecule has 0 saturated carbocycles. The van der Waals surface area contributed by atoms with Crippen LogP contribution in [-0.2, 0) is 0 Å². The fourth-order valence-corrected chi connectivity index (χ4v) is 4.33. The molecule has 142 valence electrons. The Morgan fingerprint density at radius 2 is 1.75 bits per heavy atom. The standard InChI is InChI=1S/C22H22N4OS/c1-14-20(15-7-5-4-6-8-15)24-22(28-14)19-18(27)13-26(21(19)23)17-11-9-16(10-12-17)25(2)3/h4-12,23,27H,13H2,1-3H3. The summed E-state index contributed by atoms with van der Waals surface area (Å²) in [5.41, 5.74) is 4.45. The van der Waals surface area contributed by atoms with E-state index in [0.29, 0.717) is 10.6 Å². The zero-order chi connectivity index (χ0) is 19.8. The number of aromatic nitrogens is 1. The number of amidine groups is 1. The number of aryl methyl sites for hydroxylation is 1. The number of nitrogens with zero attached hydrogens (tertiary/aromatic N) is 3. The normalized spacial score (nSPS) is 14.1. The second-order valence-electron chi connectivity index (χ2n) is 6.96. The number of aliphatic hydroxyl groups excluding tert-OH is 1. The fourth-order valence-electron chi connectivity index (χ4n) is 3.32. The second-order valence-corrected chi connectivity index (χ2v) is 8.16. The minimum Gasteiger partial charge on any atom is -0.510 e. The molecule has 0 bridgehead atoms. The smallest absolute Gasteiger partial charge is 0.139 e. The number of aliphatic hydroxyl groups is 1. The van der Waals surface area contributed by atoms with Gasteiger partial charge in [-0.1, -0.05) is 30.3 Å². The Morgan fingerprint density at radius 1 is 1.07 bits per heavy atom. The highest BCUT2D eigenvalue weighted by Gasteiger charge is 2.31. The Labute approximate surface area is 168 Å². The van der Waals surface area contributed by atoms with Crippen LogP contribution < -0.4 is 9.80 Å². The molecular formula is C22H22N4OS. The van der Waals surface area contributed by atoms with Crippen LogP contribution in [0.5, 0.6) is 0 Å². The van der Waals surface area contributed by atoms with Crippen molar-refractivity contribution in [1.29, 1.82) is 5.41 Å². The van der Waals surface area contributed by atoms with Gasteiger partial charge < -0.3 is 14.9 Å². The zero-order valence-corrected chi connectivity index (χ0v) is 16.9. The van der Waals surface area contributed by atoms with Gasteiger partial charge in [0.05, 0.1) is 17.8 Å². The van der Waals surface area contributed by atoms with Crippen molar-refractivity contribution in [1.82, 2.24) is 4.98 Å². The molecule has 0 radical (unpaired) electrons. The summed E-state index contributed by atoms with van der Waals surface area (Å²) in [7, 11) is 3.99. The van der Waals surface area contributed by atoms with Gasteiger partial charge >= 0.3 is 0 Å². The van der Waals surface area contributed by atoms with Gasteiger partial charge in [-0.15, -0.1) is 11.3 Å². The third-order valence-electron chi connectivity index (χ3n) is 4.84. The van der Waals surface area contributed by atoms with Crippen LogP contribution in [0.1, 0.15) is 9.88 Å². The Morgan fingerprint density at radius 3 is 2.39 bits per heavy atom. The number of nitrogens with one attached hydrogen (secondary N) is 1. The lowest BCUT2D eigenvalue weighted by atomic mass is 10.1. The summed E-state index contributed by atoms with van der Waals surface area (Å²) in [6.07, 6.45) is 0. The van der Waals surface area contributed by atoms with Gasteiger partial charge in [0, 0.05) is 35.9 Å². The number of hydrogen-bond acceptors (Lipinski definition) is 5. The molecule has 28 heavy (non-hydrogen) atoms. The molecule has 2 N–H and O–H groups in total. The Hall–Kier alpha value is -3.12. The van der Waals surface area contributed by atoms with Crippen LogP contribution in [0, 0.1) is 12.3 Å². The van der Waals surface area contributed by atoms with Crippen molar-refractivity contribution in [3.63, 3.8) is 0 Å². The first-order valence-electron chi connectivity index (χ1n) is 9.05. The minimum absolute atomic E-state index is 0.190. The van der Waals surface area contributed by atoms with E-state index in [1.54, 1.807) is 0 Å². The van der Waals surface area contributed by atoms with Crippen molar-refractivity contribution in [2.45, 2.75) is 6.92 Å². The van der Waals surface area contributed by atoms with Crippen LogP contribution in [0.15, 0.2) is 60.4 Å². The van der Waals surface area contributed by atoms with Gasteiger partial charge in [-0.25, -0.2) is 4.98 Å². The molecule has 1 aromatic heterocycles. The highest BCUT2D eigenvalue weighted by molar-refractivity contribution is 7.13. The highest BCUT2D eigenvalue weighted by Crippen LogP contribution is 2.36. The molecule has 2 heterocycles. The van der Waals surface area contributed by atoms with Gasteiger partial charge in [0.15, 0.2) is 0 Å². The van der Waals surface area contributed by atoms with Crippen LogP contribution >= 0.6 is 11.3 Å². The Bertz CT molecular complexity index is 1050. The molecule has 0 spiro atoms. The first-order valence-corrected chi connectivity index (χ1v) is 9.86. The van der Waals surface area contributed by atoms with E-state index in [4.69, 9.17) is 10.4 Å². The minimum atomic E-state index is 0.190. The molecular weight excluding hydrogens is 368 g/mol. The van der Waals surface area contributed by atoms with Crippen molar-refractivity contribution in [3.8, 4) is 11.3 Å². The van der Waals surface area contributed by atoms with Gasteiger partial charge in [-0.2, -0.15) is 0 Å². The summed E-state index contributed by atoms with van der Waals surface area (Å²) in [5, 5.41) is 20.0. The topological polar surface area (TPSA) is 63.5 Å². The first-order chi connectivity index (χ1) is 13.5. The average Bonchev–Trinajstić information content (AvgIpc) is 3.21. The largest absolute Gasteiger partial charge is 0.510 e. The first kappa shape index (κ1) is 18.3. The van der Waals surface area contributed by atoms with E-state index < -0.39 is 0 Å². The molecule has 0 saturated heterocycles. The molecule has 2 aromatic carbocycles. The maximum Gasteiger partial charge on any atom is 0.139 e. The second kappa shape index (κ2) is 7.13. The lowest BCUT2D eigenvalue weighted by Crippen LogP contribution is -2.26. The van der Waals surface area contributed by atoms with E-state index in [1.807, 2.05) is 85.4 Å². The maximum atomic E-state index is 10.6. The van der Waals surface area contributed by atoms with Crippen molar-refractivity contribution >= 4 is 34.1 Å². The van der Waals surface area contributed by atoms with Gasteiger partial charge in [-0.05, 0) is 31.2 Å². The van der Waals surface area contributed by atoms with Gasteiger partial charge in [0.25, 0.3) is 0 Å². The van der Waals surface area contributed by atoms with Gasteiger partial charge in [-0.3, -0.25) is 5.41 Å². The van der Waals surface area contributed by atoms with E-state index in [1.165, 1.54) is 11.3 Å². The predicted molar refractivity (Wildman–Crippen MR) is 118 cm³/mol. The highest BCUT2D eigenvalue weighted by atomic mass is 32.1. The van der Waals surface area contributed by atoms with E-state index in [0.717, 1.165) is 27.5 Å². The number of benzene rings is 2. The number of hydrogen-bond donors (Lipinski definition) is 2. The van der Waals surface area contributed by atoms with E-state index in [9.17, 15) is 5.11 Å². The van der Waals surface area contributed by atoms with Crippen molar-refractivity contribution < 1.29 is 5.11 Å². The third kappa shape index (κ3) is 3.16. The van der Waals surface area contributed by atoms with Crippen molar-refractivity contribution in [2.75, 3.05) is 30.4 Å². The molecule has 6 heteroatoms. The monoisotopic (exact) mass is 390 g/mol. The fraction of sp³-hybridized carbons (Fsp3) is 0.182. The van der Waals surface area contributed by atoms with Crippen LogP contribution in [0.3, 0.4) is 0 Å². The maximum absolute atomic E-state index is 10.6. The summed E-state index contributed by atoms with van der Waals surface area (Å²) < 4.78 is 0. The van der Waals surface area contributed by atoms with E-state index in [-0.39, 0.29) is 18.1 Å². The molecule has 5 nitrogen and oxygen atoms in total. The van der Waals surface area contributed by atoms with Gasteiger partial charge in [0.1, 0.15) is 16.6 Å². The Kier molecular flexibility index (Phi) is 4.65. The molecule has 0 atom stereocenters. The summed E-state index contributed by atoms with van der Waals surface area (Å²) in [6.45, 7) is 2.31. The molecule has 1 aliphatic heterocycles. The lowest BCUT2D eigenvalue weighted by Gasteiger charge is -2.20. The van der Waals surface area contributed by atoms with Crippen LogP contribution in [0.25, 0.3) is 16.8 Å². The van der Waals surface area contributed by atoms with Crippen LogP contribution in [0.4, 0.5) is 11.4 Å². The number of anilines is 2. The van der Waals surface area contributed by atoms with Crippen LogP contribution in [-0.4, -0.2) is 36.6 Å². The average molecular weight is 391 g/mol. The van der Waals surface area contributed by atoms with Crippen molar-refractivity contribution in [2.24, 2.45) is 0 Å².